The van der Waals surface area contributed by atoms with Gasteiger partial charge in [0.05, 0.1) is 6.10 Å². The minimum atomic E-state index is -0.138. The molecule has 1 fully saturated rings. The van der Waals surface area contributed by atoms with Crippen molar-refractivity contribution in [3.63, 3.8) is 0 Å². The van der Waals surface area contributed by atoms with Crippen LogP contribution in [0.1, 0.15) is 13.3 Å². The lowest BCUT2D eigenvalue weighted by Gasteiger charge is -2.35. The van der Waals surface area contributed by atoms with Gasteiger partial charge in [-0.25, -0.2) is 4.98 Å². The number of hydrogen-bond donors (Lipinski definition) is 0. The van der Waals surface area contributed by atoms with Gasteiger partial charge < -0.3 is 9.64 Å². The first-order chi connectivity index (χ1) is 9.19. The maximum atomic E-state index is 11.7. The maximum absolute atomic E-state index is 11.7. The van der Waals surface area contributed by atoms with Crippen molar-refractivity contribution < 1.29 is 4.74 Å². The predicted octanol–water partition coefficient (Wildman–Crippen LogP) is 1.01. The van der Waals surface area contributed by atoms with E-state index in [0.717, 1.165) is 24.6 Å². The first-order valence-electron chi connectivity index (χ1n) is 6.31. The Morgan fingerprint density at radius 3 is 3.11 bits per heavy atom. The Labute approximate surface area is 114 Å². The number of aromatic nitrogens is 3. The Kier molecular flexibility index (Phi) is 3.24. The first-order valence-corrected chi connectivity index (χ1v) is 7.13. The van der Waals surface area contributed by atoms with E-state index in [2.05, 4.69) is 21.9 Å². The highest BCUT2D eigenvalue weighted by molar-refractivity contribution is 7.20. The van der Waals surface area contributed by atoms with E-state index < -0.39 is 0 Å². The largest absolute Gasteiger partial charge is 0.379 e. The molecule has 3 rings (SSSR count). The fourth-order valence-corrected chi connectivity index (χ4v) is 3.29. The summed E-state index contributed by atoms with van der Waals surface area (Å²) in [6, 6.07) is 1.42. The number of ether oxygens (including phenoxy) is 1. The minimum Gasteiger partial charge on any atom is -0.379 e. The Morgan fingerprint density at radius 2 is 2.37 bits per heavy atom. The van der Waals surface area contributed by atoms with Gasteiger partial charge in [0.15, 0.2) is 0 Å². The van der Waals surface area contributed by atoms with Gasteiger partial charge in [0.1, 0.15) is 0 Å². The van der Waals surface area contributed by atoms with Crippen molar-refractivity contribution in [1.82, 2.24) is 14.6 Å². The number of rotatable bonds is 2. The number of nitrogens with zero attached hydrogens (tertiary/aromatic N) is 4. The van der Waals surface area contributed by atoms with Crippen molar-refractivity contribution in [2.75, 3.05) is 25.1 Å². The van der Waals surface area contributed by atoms with Gasteiger partial charge in [0, 0.05) is 32.5 Å². The average Bonchev–Trinajstić information content (AvgIpc) is 2.85. The summed E-state index contributed by atoms with van der Waals surface area (Å²) in [7, 11) is 1.75. The van der Waals surface area contributed by atoms with Crippen molar-refractivity contribution in [2.24, 2.45) is 5.92 Å². The van der Waals surface area contributed by atoms with E-state index in [1.165, 1.54) is 28.1 Å². The van der Waals surface area contributed by atoms with Crippen molar-refractivity contribution in [3.05, 3.63) is 22.6 Å². The second-order valence-corrected chi connectivity index (χ2v) is 5.78. The Morgan fingerprint density at radius 1 is 1.53 bits per heavy atom. The second-order valence-electron chi connectivity index (χ2n) is 4.85. The molecule has 2 atom stereocenters. The van der Waals surface area contributed by atoms with Crippen LogP contribution in [0.25, 0.3) is 4.96 Å². The van der Waals surface area contributed by atoms with Crippen molar-refractivity contribution >= 4 is 21.4 Å². The first kappa shape index (κ1) is 12.6. The Hall–Kier alpha value is -1.47. The molecule has 0 amide bonds. The summed E-state index contributed by atoms with van der Waals surface area (Å²) < 4.78 is 6.86. The van der Waals surface area contributed by atoms with E-state index in [1.54, 1.807) is 7.11 Å². The van der Waals surface area contributed by atoms with Gasteiger partial charge in [-0.05, 0) is 12.3 Å². The number of piperidine rings is 1. The molecule has 0 bridgehead atoms. The van der Waals surface area contributed by atoms with Gasteiger partial charge in [-0.15, -0.1) is 5.10 Å². The van der Waals surface area contributed by atoms with E-state index in [9.17, 15) is 4.79 Å². The molecule has 19 heavy (non-hydrogen) atoms. The molecule has 6 nitrogen and oxygen atoms in total. The minimum absolute atomic E-state index is 0.138. The molecule has 102 valence electrons. The molecular weight excluding hydrogens is 264 g/mol. The fourth-order valence-electron chi connectivity index (χ4n) is 2.38. The Bertz CT molecular complexity index is 638. The predicted molar refractivity (Wildman–Crippen MR) is 73.9 cm³/mol. The summed E-state index contributed by atoms with van der Waals surface area (Å²) in [4.78, 5) is 18.7. The third kappa shape index (κ3) is 2.23. The van der Waals surface area contributed by atoms with Crippen molar-refractivity contribution in [1.29, 1.82) is 0 Å². The number of fused-ring (bicyclic) bond motifs is 1. The van der Waals surface area contributed by atoms with Crippen LogP contribution in [0.5, 0.6) is 0 Å². The third-order valence-corrected chi connectivity index (χ3v) is 4.61. The molecule has 2 aromatic heterocycles. The van der Waals surface area contributed by atoms with Crippen molar-refractivity contribution in [3.8, 4) is 0 Å². The van der Waals surface area contributed by atoms with Gasteiger partial charge in [0.2, 0.25) is 10.1 Å². The fraction of sp³-hybridized carbons (Fsp3) is 0.583. The van der Waals surface area contributed by atoms with E-state index in [4.69, 9.17) is 4.74 Å². The zero-order valence-corrected chi connectivity index (χ0v) is 11.8. The molecule has 1 aliphatic heterocycles. The molecule has 1 aliphatic rings. The van der Waals surface area contributed by atoms with Crippen LogP contribution in [0.2, 0.25) is 0 Å². The SMILES string of the molecule is COC1CN(c2nn3c(=O)ccnc3s2)CCC1C. The molecule has 0 aromatic carbocycles. The standard InChI is InChI=1S/C12H16N4O2S/c1-8-4-6-15(7-9(8)18-2)12-14-16-10(17)3-5-13-11(16)19-12/h3,5,8-9H,4,6-7H2,1-2H3. The van der Waals surface area contributed by atoms with E-state index in [0.29, 0.717) is 10.9 Å². The molecule has 2 aromatic rings. The monoisotopic (exact) mass is 280 g/mol. The number of anilines is 1. The smallest absolute Gasteiger partial charge is 0.275 e. The molecular formula is C12H16N4O2S. The van der Waals surface area contributed by atoms with Gasteiger partial charge in [-0.2, -0.15) is 4.52 Å². The molecule has 0 spiro atoms. The lowest BCUT2D eigenvalue weighted by atomic mass is 9.96. The van der Waals surface area contributed by atoms with Crippen LogP contribution in [0.3, 0.4) is 0 Å². The zero-order valence-electron chi connectivity index (χ0n) is 10.9. The second kappa shape index (κ2) is 4.90. The molecule has 0 saturated carbocycles. The summed E-state index contributed by atoms with van der Waals surface area (Å²) in [6.07, 6.45) is 2.80. The van der Waals surface area contributed by atoms with Crippen LogP contribution in [0.4, 0.5) is 5.13 Å². The summed E-state index contributed by atoms with van der Waals surface area (Å²) >= 11 is 1.44. The normalized spacial score (nSPS) is 24.0. The third-order valence-electron chi connectivity index (χ3n) is 3.62. The number of methoxy groups -OCH3 is 1. The van der Waals surface area contributed by atoms with E-state index in [-0.39, 0.29) is 11.7 Å². The number of hydrogen-bond acceptors (Lipinski definition) is 6. The van der Waals surface area contributed by atoms with Crippen LogP contribution in [-0.4, -0.2) is 40.9 Å². The molecule has 0 radical (unpaired) electrons. The van der Waals surface area contributed by atoms with Crippen LogP contribution in [-0.2, 0) is 4.74 Å². The molecule has 2 unspecified atom stereocenters. The molecule has 7 heteroatoms. The lowest BCUT2D eigenvalue weighted by Crippen LogP contribution is -2.44. The van der Waals surface area contributed by atoms with Gasteiger partial charge in [-0.3, -0.25) is 4.79 Å². The van der Waals surface area contributed by atoms with Gasteiger partial charge >= 0.3 is 0 Å². The van der Waals surface area contributed by atoms with Crippen LogP contribution in [0, 0.1) is 5.92 Å². The maximum Gasteiger partial charge on any atom is 0.275 e. The van der Waals surface area contributed by atoms with Crippen LogP contribution < -0.4 is 10.5 Å². The lowest BCUT2D eigenvalue weighted by molar-refractivity contribution is 0.0498. The summed E-state index contributed by atoms with van der Waals surface area (Å²) in [5, 5.41) is 5.20. The molecule has 0 aliphatic carbocycles. The highest BCUT2D eigenvalue weighted by Gasteiger charge is 2.28. The van der Waals surface area contributed by atoms with Crippen molar-refractivity contribution in [2.45, 2.75) is 19.4 Å². The molecule has 0 N–H and O–H groups in total. The summed E-state index contributed by atoms with van der Waals surface area (Å²) in [5.74, 6) is 0.552. The zero-order chi connectivity index (χ0) is 13.4. The highest BCUT2D eigenvalue weighted by atomic mass is 32.1. The average molecular weight is 280 g/mol. The van der Waals surface area contributed by atoms with Crippen LogP contribution in [0.15, 0.2) is 17.1 Å². The Balaban J connectivity index is 1.92. The molecule has 3 heterocycles. The summed E-state index contributed by atoms with van der Waals surface area (Å²) in [6.45, 7) is 3.96. The topological polar surface area (TPSA) is 59.7 Å². The van der Waals surface area contributed by atoms with E-state index in [1.807, 2.05) is 0 Å². The summed E-state index contributed by atoms with van der Waals surface area (Å²) in [5.41, 5.74) is -0.138. The molecule has 1 saturated heterocycles. The highest BCUT2D eigenvalue weighted by Crippen LogP contribution is 2.27. The van der Waals surface area contributed by atoms with Gasteiger partial charge in [0.25, 0.3) is 5.56 Å². The quantitative estimate of drug-likeness (QED) is 0.821. The van der Waals surface area contributed by atoms with E-state index >= 15 is 0 Å². The van der Waals surface area contributed by atoms with Gasteiger partial charge in [-0.1, -0.05) is 18.3 Å². The van der Waals surface area contributed by atoms with Crippen LogP contribution >= 0.6 is 11.3 Å².